The standard InChI is InChI=1S/C16H17ClN2O3S/c1-2-19(8-7-15(21)22)14(20)9-13-10-23-16(18-13)11-3-5-12(17)6-4-11/h3-6,10H,2,7-9H2,1H3,(H,21,22). The van der Waals surface area contributed by atoms with Crippen molar-refractivity contribution in [1.82, 2.24) is 9.88 Å². The Labute approximate surface area is 143 Å². The Hall–Kier alpha value is -1.92. The van der Waals surface area contributed by atoms with E-state index in [0.717, 1.165) is 10.6 Å². The number of rotatable bonds is 7. The summed E-state index contributed by atoms with van der Waals surface area (Å²) >= 11 is 7.34. The Morgan fingerprint density at radius 1 is 1.30 bits per heavy atom. The van der Waals surface area contributed by atoms with Crippen molar-refractivity contribution >= 4 is 34.8 Å². The molecule has 1 amide bonds. The van der Waals surface area contributed by atoms with Crippen molar-refractivity contribution in [2.45, 2.75) is 19.8 Å². The number of aliphatic carboxylic acids is 1. The Kier molecular flexibility index (Phi) is 6.12. The van der Waals surface area contributed by atoms with E-state index >= 15 is 0 Å². The Balaban J connectivity index is 2.01. The molecule has 0 unspecified atom stereocenters. The van der Waals surface area contributed by atoms with Gasteiger partial charge in [-0.05, 0) is 19.1 Å². The number of likely N-dealkylation sites (N-methyl/N-ethyl adjacent to an activating group) is 1. The maximum atomic E-state index is 12.2. The van der Waals surface area contributed by atoms with E-state index in [2.05, 4.69) is 4.98 Å². The summed E-state index contributed by atoms with van der Waals surface area (Å²) < 4.78 is 0. The fourth-order valence-electron chi connectivity index (χ4n) is 2.07. The zero-order valence-electron chi connectivity index (χ0n) is 12.7. The van der Waals surface area contributed by atoms with Gasteiger partial charge in [0.25, 0.3) is 0 Å². The van der Waals surface area contributed by atoms with Gasteiger partial charge < -0.3 is 10.0 Å². The van der Waals surface area contributed by atoms with Crippen LogP contribution in [0.25, 0.3) is 10.6 Å². The van der Waals surface area contributed by atoms with Crippen LogP contribution >= 0.6 is 22.9 Å². The van der Waals surface area contributed by atoms with Gasteiger partial charge in [0.1, 0.15) is 5.01 Å². The third-order valence-electron chi connectivity index (χ3n) is 3.31. The topological polar surface area (TPSA) is 70.5 Å². The van der Waals surface area contributed by atoms with Gasteiger partial charge in [-0.1, -0.05) is 23.7 Å². The normalized spacial score (nSPS) is 10.5. The third-order valence-corrected chi connectivity index (χ3v) is 4.50. The maximum absolute atomic E-state index is 12.2. The molecule has 0 aliphatic rings. The van der Waals surface area contributed by atoms with E-state index in [1.807, 2.05) is 24.4 Å². The lowest BCUT2D eigenvalue weighted by Gasteiger charge is -2.19. The molecule has 5 nitrogen and oxygen atoms in total. The van der Waals surface area contributed by atoms with Crippen LogP contribution in [0.1, 0.15) is 19.0 Å². The van der Waals surface area contributed by atoms with Crippen molar-refractivity contribution < 1.29 is 14.7 Å². The highest BCUT2D eigenvalue weighted by Gasteiger charge is 2.15. The summed E-state index contributed by atoms with van der Waals surface area (Å²) in [6.45, 7) is 2.54. The molecule has 0 bridgehead atoms. The minimum atomic E-state index is -0.907. The zero-order chi connectivity index (χ0) is 16.8. The van der Waals surface area contributed by atoms with Crippen molar-refractivity contribution in [3.05, 3.63) is 40.4 Å². The van der Waals surface area contributed by atoms with Crippen LogP contribution in [0.3, 0.4) is 0 Å². The molecule has 0 fully saturated rings. The molecule has 0 saturated heterocycles. The first-order valence-corrected chi connectivity index (χ1v) is 8.45. The number of aromatic nitrogens is 1. The summed E-state index contributed by atoms with van der Waals surface area (Å²) in [5.74, 6) is -1.02. The number of hydrogen-bond donors (Lipinski definition) is 1. The lowest BCUT2D eigenvalue weighted by Crippen LogP contribution is -2.34. The summed E-state index contributed by atoms with van der Waals surface area (Å²) in [6.07, 6.45) is 0.129. The van der Waals surface area contributed by atoms with Gasteiger partial charge in [0.05, 0.1) is 18.5 Å². The van der Waals surface area contributed by atoms with Gasteiger partial charge in [-0.15, -0.1) is 11.3 Å². The summed E-state index contributed by atoms with van der Waals surface area (Å²) in [6, 6.07) is 7.37. The monoisotopic (exact) mass is 352 g/mol. The minimum Gasteiger partial charge on any atom is -0.481 e. The highest BCUT2D eigenvalue weighted by Crippen LogP contribution is 2.25. The van der Waals surface area contributed by atoms with Crippen molar-refractivity contribution in [3.8, 4) is 10.6 Å². The van der Waals surface area contributed by atoms with Crippen LogP contribution < -0.4 is 0 Å². The number of carbonyl (C=O) groups is 2. The molecule has 2 rings (SSSR count). The quantitative estimate of drug-likeness (QED) is 0.829. The third kappa shape index (κ3) is 5.04. The predicted octanol–water partition coefficient (Wildman–Crippen LogP) is 3.33. The second-order valence-corrected chi connectivity index (χ2v) is 6.24. The lowest BCUT2D eigenvalue weighted by atomic mass is 10.2. The number of hydrogen-bond acceptors (Lipinski definition) is 4. The van der Waals surface area contributed by atoms with Crippen LogP contribution in [0.5, 0.6) is 0 Å². The number of carbonyl (C=O) groups excluding carboxylic acids is 1. The van der Waals surface area contributed by atoms with Gasteiger partial charge in [-0.3, -0.25) is 9.59 Å². The molecular formula is C16H17ClN2O3S. The van der Waals surface area contributed by atoms with Gasteiger partial charge >= 0.3 is 5.97 Å². The maximum Gasteiger partial charge on any atom is 0.305 e. The molecule has 0 saturated carbocycles. The van der Waals surface area contributed by atoms with Gasteiger partial charge in [0, 0.05) is 29.1 Å². The Morgan fingerprint density at radius 2 is 2.00 bits per heavy atom. The molecule has 1 N–H and O–H groups in total. The number of halogens is 1. The first-order chi connectivity index (χ1) is 11.0. The number of nitrogens with zero attached hydrogens (tertiary/aromatic N) is 2. The van der Waals surface area contributed by atoms with Crippen molar-refractivity contribution in [1.29, 1.82) is 0 Å². The highest BCUT2D eigenvalue weighted by molar-refractivity contribution is 7.13. The number of thiazole rings is 1. The lowest BCUT2D eigenvalue weighted by molar-refractivity contribution is -0.138. The van der Waals surface area contributed by atoms with Crippen molar-refractivity contribution in [2.24, 2.45) is 0 Å². The van der Waals surface area contributed by atoms with Crippen LogP contribution in [0, 0.1) is 0 Å². The molecule has 0 radical (unpaired) electrons. The summed E-state index contributed by atoms with van der Waals surface area (Å²) in [7, 11) is 0. The average Bonchev–Trinajstić information content (AvgIpc) is 2.96. The second-order valence-electron chi connectivity index (χ2n) is 4.94. The molecule has 23 heavy (non-hydrogen) atoms. The summed E-state index contributed by atoms with van der Waals surface area (Å²) in [4.78, 5) is 28.9. The van der Waals surface area contributed by atoms with Gasteiger partial charge in [0.2, 0.25) is 5.91 Å². The van der Waals surface area contributed by atoms with E-state index in [4.69, 9.17) is 16.7 Å². The van der Waals surface area contributed by atoms with E-state index in [9.17, 15) is 9.59 Å². The van der Waals surface area contributed by atoms with Crippen LogP contribution in [-0.2, 0) is 16.0 Å². The number of amides is 1. The molecule has 122 valence electrons. The average molecular weight is 353 g/mol. The zero-order valence-corrected chi connectivity index (χ0v) is 14.2. The molecule has 0 aliphatic carbocycles. The second kappa shape index (κ2) is 8.08. The van der Waals surface area contributed by atoms with Crippen molar-refractivity contribution in [2.75, 3.05) is 13.1 Å². The predicted molar refractivity (Wildman–Crippen MR) is 90.8 cm³/mol. The molecule has 0 aliphatic heterocycles. The number of carboxylic acids is 1. The minimum absolute atomic E-state index is 0.0489. The highest BCUT2D eigenvalue weighted by atomic mass is 35.5. The summed E-state index contributed by atoms with van der Waals surface area (Å²) in [5, 5.41) is 12.1. The molecular weight excluding hydrogens is 336 g/mol. The number of benzene rings is 1. The molecule has 1 heterocycles. The van der Waals surface area contributed by atoms with E-state index < -0.39 is 5.97 Å². The van der Waals surface area contributed by atoms with Crippen LogP contribution in [-0.4, -0.2) is 40.0 Å². The van der Waals surface area contributed by atoms with E-state index in [-0.39, 0.29) is 25.3 Å². The smallest absolute Gasteiger partial charge is 0.305 e. The fraction of sp³-hybridized carbons (Fsp3) is 0.312. The first-order valence-electron chi connectivity index (χ1n) is 7.19. The molecule has 1 aromatic heterocycles. The van der Waals surface area contributed by atoms with Crippen molar-refractivity contribution in [3.63, 3.8) is 0 Å². The molecule has 7 heteroatoms. The largest absolute Gasteiger partial charge is 0.481 e. The Morgan fingerprint density at radius 3 is 2.61 bits per heavy atom. The van der Waals surface area contributed by atoms with Crippen LogP contribution in [0.2, 0.25) is 5.02 Å². The first kappa shape index (κ1) is 17.4. The number of carboxylic acid groups (broad SMARTS) is 1. The molecule has 0 atom stereocenters. The molecule has 2 aromatic rings. The Bertz CT molecular complexity index is 685. The van der Waals surface area contributed by atoms with E-state index in [0.29, 0.717) is 17.3 Å². The van der Waals surface area contributed by atoms with E-state index in [1.54, 1.807) is 12.1 Å². The van der Waals surface area contributed by atoms with Gasteiger partial charge in [0.15, 0.2) is 0 Å². The van der Waals surface area contributed by atoms with Gasteiger partial charge in [-0.25, -0.2) is 4.98 Å². The van der Waals surface area contributed by atoms with Gasteiger partial charge in [-0.2, -0.15) is 0 Å². The van der Waals surface area contributed by atoms with E-state index in [1.165, 1.54) is 16.2 Å². The van der Waals surface area contributed by atoms with Crippen LogP contribution in [0.4, 0.5) is 0 Å². The fourth-order valence-corrected chi connectivity index (χ4v) is 3.02. The SMILES string of the molecule is CCN(CCC(=O)O)C(=O)Cc1csc(-c2ccc(Cl)cc2)n1. The molecule has 0 spiro atoms. The van der Waals surface area contributed by atoms with Crippen LogP contribution in [0.15, 0.2) is 29.6 Å². The summed E-state index contributed by atoms with van der Waals surface area (Å²) in [5.41, 5.74) is 1.65. The molecule has 1 aromatic carbocycles.